The van der Waals surface area contributed by atoms with Gasteiger partial charge in [0.25, 0.3) is 0 Å². The Kier molecular flexibility index (Phi) is 6.92. The van der Waals surface area contributed by atoms with Crippen molar-refractivity contribution in [2.75, 3.05) is 6.61 Å². The van der Waals surface area contributed by atoms with Crippen LogP contribution in [0.5, 0.6) is 5.75 Å². The normalized spacial score (nSPS) is 12.2. The monoisotopic (exact) mass is 351 g/mol. The number of para-hydroxylation sites is 1. The Labute approximate surface area is 135 Å². The molecule has 0 amide bonds. The van der Waals surface area contributed by atoms with Gasteiger partial charge in [0.05, 0.1) is 12.7 Å². The molecular weight excluding hydrogens is 334 g/mol. The number of hydrogen-bond acceptors (Lipinski definition) is 4. The van der Waals surface area contributed by atoms with E-state index in [1.165, 1.54) is 0 Å². The highest BCUT2D eigenvalue weighted by molar-refractivity contribution is 7.61. The van der Waals surface area contributed by atoms with Crippen molar-refractivity contribution in [2.45, 2.75) is 37.4 Å². The maximum atomic E-state index is 12.6. The molecule has 0 spiro atoms. The third-order valence-corrected chi connectivity index (χ3v) is 5.12. The first-order valence-corrected chi connectivity index (χ1v) is 8.60. The van der Waals surface area contributed by atoms with Gasteiger partial charge in [0.2, 0.25) is 5.30 Å². The highest BCUT2D eigenvalue weighted by atomic mass is 35.5. The summed E-state index contributed by atoms with van der Waals surface area (Å²) in [6.45, 7) is 5.74. The molecule has 0 radical (unpaired) electrons. The van der Waals surface area contributed by atoms with Crippen molar-refractivity contribution < 1.29 is 18.8 Å². The van der Waals surface area contributed by atoms with Gasteiger partial charge in [-0.1, -0.05) is 23.6 Å². The number of alkyl halides is 2. The largest absolute Gasteiger partial charge is 0.489 e. The standard InChI is InChI=1S/C14H18Cl2O4P/c1-4-9-19-11-7-5-6-8-12(11)21(18)14(15,16)13(17)20-10(2)3/h5-8,10H,4,9H2,1-3H3/q+1. The molecule has 0 N–H and O–H groups in total. The van der Waals surface area contributed by atoms with E-state index in [2.05, 4.69) is 0 Å². The number of rotatable bonds is 7. The van der Waals surface area contributed by atoms with Gasteiger partial charge in [-0.2, -0.15) is 0 Å². The van der Waals surface area contributed by atoms with Gasteiger partial charge < -0.3 is 9.47 Å². The molecule has 0 aliphatic carbocycles. The van der Waals surface area contributed by atoms with Crippen molar-refractivity contribution in [3.63, 3.8) is 0 Å². The predicted molar refractivity (Wildman–Crippen MR) is 85.1 cm³/mol. The van der Waals surface area contributed by atoms with Gasteiger partial charge in [-0.25, -0.2) is 4.79 Å². The van der Waals surface area contributed by atoms with Gasteiger partial charge in [0, 0.05) is 0 Å². The molecule has 1 unspecified atom stereocenters. The maximum Gasteiger partial charge on any atom is 0.432 e. The van der Waals surface area contributed by atoms with Crippen molar-refractivity contribution >= 4 is 42.3 Å². The minimum atomic E-state index is -2.44. The van der Waals surface area contributed by atoms with Gasteiger partial charge in [-0.3, -0.25) is 0 Å². The summed E-state index contributed by atoms with van der Waals surface area (Å²) >= 11 is 11.9. The smallest absolute Gasteiger partial charge is 0.432 e. The van der Waals surface area contributed by atoms with Crippen LogP contribution in [-0.4, -0.2) is 22.8 Å². The molecule has 116 valence electrons. The van der Waals surface area contributed by atoms with E-state index in [0.717, 1.165) is 6.42 Å². The fraction of sp³-hybridized carbons (Fsp3) is 0.500. The van der Waals surface area contributed by atoms with Crippen LogP contribution in [-0.2, 0) is 14.1 Å². The van der Waals surface area contributed by atoms with E-state index in [1.54, 1.807) is 38.1 Å². The summed E-state index contributed by atoms with van der Waals surface area (Å²) in [5.74, 6) is -0.518. The van der Waals surface area contributed by atoms with Crippen LogP contribution < -0.4 is 10.0 Å². The molecule has 0 bridgehead atoms. The Morgan fingerprint density at radius 3 is 2.52 bits per heavy atom. The first-order chi connectivity index (χ1) is 9.80. The minimum absolute atomic E-state index is 0.298. The average molecular weight is 352 g/mol. The second kappa shape index (κ2) is 7.98. The molecule has 21 heavy (non-hydrogen) atoms. The lowest BCUT2D eigenvalue weighted by molar-refractivity contribution is -0.146. The molecular formula is C14H18Cl2O4P+. The molecule has 0 aromatic heterocycles. The lowest BCUT2D eigenvalue weighted by Crippen LogP contribution is -2.30. The molecule has 4 nitrogen and oxygen atoms in total. The summed E-state index contributed by atoms with van der Waals surface area (Å²) in [4.78, 5) is 11.9. The van der Waals surface area contributed by atoms with Crippen LogP contribution in [0.1, 0.15) is 27.2 Å². The minimum Gasteiger partial charge on any atom is -0.489 e. The van der Waals surface area contributed by atoms with Crippen LogP contribution in [0.2, 0.25) is 0 Å². The fourth-order valence-electron chi connectivity index (χ4n) is 1.48. The number of carbonyl (C=O) groups is 1. The maximum absolute atomic E-state index is 12.6. The molecule has 0 aliphatic heterocycles. The Morgan fingerprint density at radius 1 is 1.33 bits per heavy atom. The van der Waals surface area contributed by atoms with Gasteiger partial charge in [0.1, 0.15) is 0 Å². The second-order valence-corrected chi connectivity index (χ2v) is 8.20. The summed E-state index contributed by atoms with van der Waals surface area (Å²) in [5.41, 5.74) is 0. The summed E-state index contributed by atoms with van der Waals surface area (Å²) < 4.78 is 20.9. The van der Waals surface area contributed by atoms with Gasteiger partial charge in [0.15, 0.2) is 5.75 Å². The van der Waals surface area contributed by atoms with E-state index in [1.807, 2.05) is 6.92 Å². The first kappa shape index (κ1) is 18.2. The number of ether oxygens (including phenoxy) is 2. The lowest BCUT2D eigenvalue weighted by atomic mass is 10.3. The molecule has 0 saturated heterocycles. The Morgan fingerprint density at radius 2 is 1.95 bits per heavy atom. The van der Waals surface area contributed by atoms with E-state index >= 15 is 0 Å². The van der Waals surface area contributed by atoms with E-state index in [-0.39, 0.29) is 0 Å². The van der Waals surface area contributed by atoms with E-state index in [9.17, 15) is 9.36 Å². The van der Waals surface area contributed by atoms with Crippen LogP contribution in [0.3, 0.4) is 0 Å². The molecule has 1 rings (SSSR count). The summed E-state index contributed by atoms with van der Waals surface area (Å²) in [7, 11) is -2.44. The highest BCUT2D eigenvalue weighted by Crippen LogP contribution is 2.48. The molecule has 7 heteroatoms. The molecule has 1 aromatic rings. The van der Waals surface area contributed by atoms with Crippen LogP contribution >= 0.6 is 31.0 Å². The third-order valence-electron chi connectivity index (χ3n) is 2.39. The Bertz CT molecular complexity index is 517. The van der Waals surface area contributed by atoms with Crippen molar-refractivity contribution in [3.05, 3.63) is 24.3 Å². The van der Waals surface area contributed by atoms with Gasteiger partial charge in [-0.15, -0.1) is 0 Å². The van der Waals surface area contributed by atoms with Crippen LogP contribution in [0.25, 0.3) is 0 Å². The molecule has 0 heterocycles. The van der Waals surface area contributed by atoms with Crippen LogP contribution in [0, 0.1) is 0 Å². The Balaban J connectivity index is 3.04. The zero-order valence-corrected chi connectivity index (χ0v) is 14.5. The van der Waals surface area contributed by atoms with E-state index in [4.69, 9.17) is 32.7 Å². The number of halogens is 2. The molecule has 1 aromatic carbocycles. The topological polar surface area (TPSA) is 52.6 Å². The second-order valence-electron chi connectivity index (χ2n) is 4.61. The van der Waals surface area contributed by atoms with Crippen molar-refractivity contribution in [2.24, 2.45) is 0 Å². The molecule has 0 aliphatic rings. The zero-order chi connectivity index (χ0) is 16.0. The average Bonchev–Trinajstić information content (AvgIpc) is 2.43. The van der Waals surface area contributed by atoms with Gasteiger partial charge in [-0.05, 0) is 55.6 Å². The molecule has 0 fully saturated rings. The first-order valence-electron chi connectivity index (χ1n) is 6.58. The lowest BCUT2D eigenvalue weighted by Gasteiger charge is -2.12. The number of benzene rings is 1. The van der Waals surface area contributed by atoms with Crippen molar-refractivity contribution in [3.8, 4) is 5.75 Å². The number of carbonyl (C=O) groups excluding carboxylic acids is 1. The molecule has 1 atom stereocenters. The third kappa shape index (κ3) is 4.84. The quantitative estimate of drug-likeness (QED) is 0.423. The number of esters is 1. The zero-order valence-electron chi connectivity index (χ0n) is 12.1. The van der Waals surface area contributed by atoms with E-state index < -0.39 is 23.9 Å². The highest BCUT2D eigenvalue weighted by Gasteiger charge is 2.57. The van der Waals surface area contributed by atoms with Crippen LogP contribution in [0.15, 0.2) is 24.3 Å². The fourth-order valence-corrected chi connectivity index (χ4v) is 3.20. The van der Waals surface area contributed by atoms with Gasteiger partial charge >= 0.3 is 17.8 Å². The molecule has 0 saturated carbocycles. The van der Waals surface area contributed by atoms with Crippen LogP contribution in [0.4, 0.5) is 0 Å². The summed E-state index contributed by atoms with van der Waals surface area (Å²) in [6, 6.07) is 6.66. The SMILES string of the molecule is CCCOc1ccccc1[P+](=O)C(Cl)(Cl)C(=O)OC(C)C. The number of hydrogen-bond donors (Lipinski definition) is 0. The van der Waals surface area contributed by atoms with Crippen molar-refractivity contribution in [1.29, 1.82) is 0 Å². The predicted octanol–water partition coefficient (Wildman–Crippen LogP) is 4.01. The van der Waals surface area contributed by atoms with Crippen molar-refractivity contribution in [1.82, 2.24) is 0 Å². The summed E-state index contributed by atoms with van der Waals surface area (Å²) in [5, 5.41) is 0.298. The van der Waals surface area contributed by atoms with E-state index in [0.29, 0.717) is 17.7 Å². The Hall–Kier alpha value is -0.830. The summed E-state index contributed by atoms with van der Waals surface area (Å²) in [6.07, 6.45) is 0.400.